The number of aliphatic carboxylic acids is 1. The van der Waals surface area contributed by atoms with E-state index in [-0.39, 0.29) is 18.7 Å². The second-order valence-electron chi connectivity index (χ2n) is 6.06. The number of rotatable bonds is 7. The molecule has 1 amide bonds. The second-order valence-corrected chi connectivity index (χ2v) is 7.30. The Morgan fingerprint density at radius 2 is 1.93 bits per heavy atom. The molecule has 1 atom stereocenters. The fourth-order valence-corrected chi connectivity index (χ4v) is 3.72. The minimum absolute atomic E-state index is 0.138. The van der Waals surface area contributed by atoms with Crippen LogP contribution in [0, 0.1) is 5.92 Å². The molecule has 3 aromatic rings. The molecule has 0 saturated carbocycles. The third kappa shape index (κ3) is 4.71. The van der Waals surface area contributed by atoms with Crippen LogP contribution in [0.4, 0.5) is 5.13 Å². The van der Waals surface area contributed by atoms with Crippen LogP contribution in [0.2, 0.25) is 5.02 Å². The van der Waals surface area contributed by atoms with Gasteiger partial charge in [0.25, 0.3) is 0 Å². The number of thiazole rings is 1. The Morgan fingerprint density at radius 3 is 2.61 bits per heavy atom. The van der Waals surface area contributed by atoms with Gasteiger partial charge in [0.2, 0.25) is 5.91 Å². The number of anilines is 1. The van der Waals surface area contributed by atoms with Crippen molar-refractivity contribution in [3.05, 3.63) is 59.0 Å². The molecule has 7 nitrogen and oxygen atoms in total. The summed E-state index contributed by atoms with van der Waals surface area (Å²) >= 11 is 7.50. The molecule has 0 radical (unpaired) electrons. The monoisotopic (exact) mass is 416 g/mol. The minimum Gasteiger partial charge on any atom is -0.481 e. The number of aromatic nitrogens is 3. The Balaban J connectivity index is 1.81. The van der Waals surface area contributed by atoms with Crippen LogP contribution in [0.15, 0.2) is 48.1 Å². The number of halogens is 1. The Hall–Kier alpha value is -2.84. The molecule has 0 aliphatic rings. The fraction of sp³-hybridized carbons (Fsp3) is 0.211. The molecule has 1 aromatic carbocycles. The average Bonchev–Trinajstić information content (AvgIpc) is 3.17. The van der Waals surface area contributed by atoms with E-state index in [0.29, 0.717) is 21.7 Å². The number of amides is 1. The zero-order chi connectivity index (χ0) is 20.1. The molecular weight excluding hydrogens is 400 g/mol. The van der Waals surface area contributed by atoms with E-state index in [1.807, 2.05) is 23.6 Å². The number of hydrogen-bond acceptors (Lipinski definition) is 6. The summed E-state index contributed by atoms with van der Waals surface area (Å²) in [6.07, 6.45) is 2.94. The highest BCUT2D eigenvalue weighted by Crippen LogP contribution is 2.32. The van der Waals surface area contributed by atoms with Crippen molar-refractivity contribution in [2.24, 2.45) is 5.92 Å². The smallest absolute Gasteiger partial charge is 0.304 e. The van der Waals surface area contributed by atoms with Gasteiger partial charge in [-0.2, -0.15) is 0 Å². The fourth-order valence-electron chi connectivity index (χ4n) is 2.69. The van der Waals surface area contributed by atoms with E-state index >= 15 is 0 Å². The van der Waals surface area contributed by atoms with Crippen molar-refractivity contribution < 1.29 is 14.7 Å². The summed E-state index contributed by atoms with van der Waals surface area (Å²) < 4.78 is 0. The quantitative estimate of drug-likeness (QED) is 0.632. The maximum atomic E-state index is 12.9. The van der Waals surface area contributed by atoms with Gasteiger partial charge in [0.15, 0.2) is 5.13 Å². The molecule has 3 rings (SSSR count). The first-order valence-electron chi connectivity index (χ1n) is 8.41. The van der Waals surface area contributed by atoms with Gasteiger partial charge >= 0.3 is 5.97 Å². The van der Waals surface area contributed by atoms with Crippen molar-refractivity contribution in [1.29, 1.82) is 0 Å². The Bertz CT molecular complexity index is 980. The van der Waals surface area contributed by atoms with E-state index in [0.717, 1.165) is 5.56 Å². The highest BCUT2D eigenvalue weighted by Gasteiger charge is 2.28. The summed E-state index contributed by atoms with van der Waals surface area (Å²) in [4.78, 5) is 38.2. The predicted octanol–water partition coefficient (Wildman–Crippen LogP) is 3.55. The van der Waals surface area contributed by atoms with Gasteiger partial charge in [0.1, 0.15) is 5.82 Å². The van der Waals surface area contributed by atoms with Gasteiger partial charge in [0, 0.05) is 41.8 Å². The summed E-state index contributed by atoms with van der Waals surface area (Å²) in [5.74, 6) is -1.78. The molecule has 9 heteroatoms. The van der Waals surface area contributed by atoms with Gasteiger partial charge in [-0.1, -0.05) is 29.8 Å². The van der Waals surface area contributed by atoms with Crippen LogP contribution < -0.4 is 4.90 Å². The molecule has 0 fully saturated rings. The number of carbonyl (C=O) groups excluding carboxylic acids is 1. The van der Waals surface area contributed by atoms with Crippen LogP contribution in [-0.4, -0.2) is 39.0 Å². The van der Waals surface area contributed by atoms with Gasteiger partial charge in [-0.15, -0.1) is 11.3 Å². The van der Waals surface area contributed by atoms with E-state index in [1.165, 1.54) is 16.2 Å². The Labute approximate surface area is 170 Å². The van der Waals surface area contributed by atoms with Crippen LogP contribution in [-0.2, 0) is 16.0 Å². The lowest BCUT2D eigenvalue weighted by atomic mass is 9.99. The number of hydrogen-bond donors (Lipinski definition) is 1. The lowest BCUT2D eigenvalue weighted by Gasteiger charge is -2.20. The molecule has 0 saturated heterocycles. The van der Waals surface area contributed by atoms with E-state index < -0.39 is 11.9 Å². The Kier molecular flexibility index (Phi) is 6.33. The van der Waals surface area contributed by atoms with Crippen molar-refractivity contribution in [2.45, 2.75) is 12.8 Å². The molecule has 1 unspecified atom stereocenters. The highest BCUT2D eigenvalue weighted by molar-refractivity contribution is 7.14. The molecule has 0 bridgehead atoms. The van der Waals surface area contributed by atoms with Crippen LogP contribution in [0.25, 0.3) is 11.3 Å². The number of carboxylic acid groups (broad SMARTS) is 1. The first-order valence-corrected chi connectivity index (χ1v) is 9.67. The van der Waals surface area contributed by atoms with Crippen molar-refractivity contribution in [3.8, 4) is 11.3 Å². The SMILES string of the molecule is CN(C(=O)C(CC(=O)O)Cc1ncccn1)c1nc(-c2ccccc2Cl)cs1. The Morgan fingerprint density at radius 1 is 1.21 bits per heavy atom. The number of carbonyl (C=O) groups is 2. The lowest BCUT2D eigenvalue weighted by Crippen LogP contribution is -2.35. The topological polar surface area (TPSA) is 96.3 Å². The standard InChI is InChI=1S/C19H17ClN4O3S/c1-24(19-23-15(11-28-19)13-5-2-3-6-14(13)20)18(27)12(10-17(25)26)9-16-21-7-4-8-22-16/h2-8,11-12H,9-10H2,1H3,(H,25,26). The maximum absolute atomic E-state index is 12.9. The molecule has 1 N–H and O–H groups in total. The summed E-state index contributed by atoms with van der Waals surface area (Å²) in [6.45, 7) is 0. The van der Waals surface area contributed by atoms with E-state index in [2.05, 4.69) is 15.0 Å². The molecular formula is C19H17ClN4O3S. The normalized spacial score (nSPS) is 11.8. The van der Waals surface area contributed by atoms with Crippen molar-refractivity contribution >= 4 is 39.9 Å². The third-order valence-corrected chi connectivity index (χ3v) is 5.32. The number of carboxylic acids is 1. The van der Waals surface area contributed by atoms with E-state index in [9.17, 15) is 14.7 Å². The largest absolute Gasteiger partial charge is 0.481 e. The molecule has 2 aromatic heterocycles. The van der Waals surface area contributed by atoms with Gasteiger partial charge in [-0.05, 0) is 12.1 Å². The summed E-state index contributed by atoms with van der Waals surface area (Å²) in [6, 6.07) is 8.97. The van der Waals surface area contributed by atoms with Crippen LogP contribution in [0.3, 0.4) is 0 Å². The van der Waals surface area contributed by atoms with Gasteiger partial charge in [-0.3, -0.25) is 14.5 Å². The zero-order valence-corrected chi connectivity index (χ0v) is 16.5. The molecule has 0 aliphatic heterocycles. The summed E-state index contributed by atoms with van der Waals surface area (Å²) in [7, 11) is 1.58. The van der Waals surface area contributed by atoms with E-state index in [1.54, 1.807) is 31.6 Å². The van der Waals surface area contributed by atoms with Crippen molar-refractivity contribution in [3.63, 3.8) is 0 Å². The molecule has 0 aliphatic carbocycles. The summed E-state index contributed by atoms with van der Waals surface area (Å²) in [5, 5.41) is 12.0. The van der Waals surface area contributed by atoms with Gasteiger partial charge in [0.05, 0.1) is 18.0 Å². The first-order chi connectivity index (χ1) is 13.5. The summed E-state index contributed by atoms with van der Waals surface area (Å²) in [5.41, 5.74) is 1.43. The van der Waals surface area contributed by atoms with Crippen LogP contribution in [0.1, 0.15) is 12.2 Å². The maximum Gasteiger partial charge on any atom is 0.304 e. The minimum atomic E-state index is -1.06. The average molecular weight is 417 g/mol. The second kappa shape index (κ2) is 8.90. The third-order valence-electron chi connectivity index (χ3n) is 4.08. The van der Waals surface area contributed by atoms with Gasteiger partial charge < -0.3 is 5.11 Å². The van der Waals surface area contributed by atoms with Crippen LogP contribution in [0.5, 0.6) is 0 Å². The number of nitrogens with zero attached hydrogens (tertiary/aromatic N) is 4. The van der Waals surface area contributed by atoms with Crippen molar-refractivity contribution in [1.82, 2.24) is 15.0 Å². The van der Waals surface area contributed by atoms with E-state index in [4.69, 9.17) is 11.6 Å². The first kappa shape index (κ1) is 19.9. The molecule has 28 heavy (non-hydrogen) atoms. The molecule has 0 spiro atoms. The van der Waals surface area contributed by atoms with Crippen molar-refractivity contribution in [2.75, 3.05) is 11.9 Å². The van der Waals surface area contributed by atoms with Gasteiger partial charge in [-0.25, -0.2) is 15.0 Å². The van der Waals surface area contributed by atoms with Crippen LogP contribution >= 0.6 is 22.9 Å². The predicted molar refractivity (Wildman–Crippen MR) is 107 cm³/mol. The molecule has 2 heterocycles. The highest BCUT2D eigenvalue weighted by atomic mass is 35.5. The molecule has 144 valence electrons. The lowest BCUT2D eigenvalue weighted by molar-refractivity contribution is -0.140. The number of benzene rings is 1. The zero-order valence-electron chi connectivity index (χ0n) is 14.9.